The number of para-hydroxylation sites is 1. The number of amides is 2. The van der Waals surface area contributed by atoms with Gasteiger partial charge in [0.05, 0.1) is 13.5 Å². The standard InChI is InChI=1S/C16H16N2O5/c1-22-14(19)9-11-15(20)17-6-7-18(11)16(21)13-8-10-4-2-3-5-12(10)23-13/h2-5,8,11H,6-7,9H2,1H3,(H,17,20)/t11-/m1/s1. The van der Waals surface area contributed by atoms with Crippen molar-refractivity contribution in [2.75, 3.05) is 20.2 Å². The first-order valence-electron chi connectivity index (χ1n) is 7.24. The van der Waals surface area contributed by atoms with Crippen molar-refractivity contribution < 1.29 is 23.5 Å². The van der Waals surface area contributed by atoms with E-state index in [0.717, 1.165) is 5.39 Å². The molecule has 1 aliphatic heterocycles. The van der Waals surface area contributed by atoms with Crippen molar-refractivity contribution in [3.8, 4) is 0 Å². The lowest BCUT2D eigenvalue weighted by Gasteiger charge is -2.33. The number of nitrogens with zero attached hydrogens (tertiary/aromatic N) is 1. The van der Waals surface area contributed by atoms with E-state index in [0.29, 0.717) is 18.7 Å². The molecule has 7 nitrogen and oxygen atoms in total. The van der Waals surface area contributed by atoms with Gasteiger partial charge < -0.3 is 19.4 Å². The van der Waals surface area contributed by atoms with Crippen molar-refractivity contribution in [2.24, 2.45) is 0 Å². The van der Waals surface area contributed by atoms with Crippen molar-refractivity contribution >= 4 is 28.8 Å². The van der Waals surface area contributed by atoms with Crippen LogP contribution in [0.4, 0.5) is 0 Å². The van der Waals surface area contributed by atoms with Gasteiger partial charge in [-0.25, -0.2) is 0 Å². The van der Waals surface area contributed by atoms with Gasteiger partial charge in [-0.2, -0.15) is 0 Å². The second kappa shape index (κ2) is 6.12. The SMILES string of the molecule is COC(=O)C[C@@H]1C(=O)NCCN1C(=O)c1cc2ccccc2o1. The Morgan fingerprint density at radius 1 is 1.39 bits per heavy atom. The number of fused-ring (bicyclic) bond motifs is 1. The topological polar surface area (TPSA) is 88.9 Å². The molecule has 0 aliphatic carbocycles. The first-order valence-corrected chi connectivity index (χ1v) is 7.24. The average Bonchev–Trinajstić information content (AvgIpc) is 3.00. The maximum absolute atomic E-state index is 12.7. The quantitative estimate of drug-likeness (QED) is 0.851. The van der Waals surface area contributed by atoms with Crippen molar-refractivity contribution in [3.05, 3.63) is 36.1 Å². The molecule has 2 amide bonds. The summed E-state index contributed by atoms with van der Waals surface area (Å²) in [6.45, 7) is 0.645. The minimum atomic E-state index is -0.892. The lowest BCUT2D eigenvalue weighted by atomic mass is 10.1. The summed E-state index contributed by atoms with van der Waals surface area (Å²) in [5.41, 5.74) is 0.599. The van der Waals surface area contributed by atoms with E-state index in [9.17, 15) is 14.4 Å². The Balaban J connectivity index is 1.88. The first kappa shape index (κ1) is 15.1. The van der Waals surface area contributed by atoms with Crippen molar-refractivity contribution in [1.82, 2.24) is 10.2 Å². The number of rotatable bonds is 3. The maximum Gasteiger partial charge on any atom is 0.308 e. The van der Waals surface area contributed by atoms with Crippen LogP contribution < -0.4 is 5.32 Å². The minimum absolute atomic E-state index is 0.149. The fourth-order valence-corrected chi connectivity index (χ4v) is 2.63. The van der Waals surface area contributed by atoms with Crippen molar-refractivity contribution in [3.63, 3.8) is 0 Å². The summed E-state index contributed by atoms with van der Waals surface area (Å²) in [6, 6.07) is 8.01. The van der Waals surface area contributed by atoms with E-state index in [2.05, 4.69) is 10.1 Å². The molecule has 1 saturated heterocycles. The van der Waals surface area contributed by atoms with E-state index in [-0.39, 0.29) is 18.1 Å². The van der Waals surface area contributed by atoms with Crippen LogP contribution in [-0.4, -0.2) is 48.9 Å². The van der Waals surface area contributed by atoms with Gasteiger partial charge in [0.25, 0.3) is 5.91 Å². The van der Waals surface area contributed by atoms with Crippen LogP contribution in [0.1, 0.15) is 17.0 Å². The summed E-state index contributed by atoms with van der Waals surface area (Å²) in [4.78, 5) is 37.6. The Morgan fingerprint density at radius 2 is 2.17 bits per heavy atom. The van der Waals surface area contributed by atoms with Crippen molar-refractivity contribution in [2.45, 2.75) is 12.5 Å². The van der Waals surface area contributed by atoms with E-state index in [1.807, 2.05) is 18.2 Å². The van der Waals surface area contributed by atoms with Crippen LogP contribution in [0, 0.1) is 0 Å². The number of esters is 1. The molecule has 0 radical (unpaired) electrons. The molecule has 2 heterocycles. The van der Waals surface area contributed by atoms with Gasteiger partial charge in [-0.15, -0.1) is 0 Å². The molecule has 1 aromatic carbocycles. The molecule has 0 unspecified atom stereocenters. The van der Waals surface area contributed by atoms with Crippen LogP contribution in [0.15, 0.2) is 34.7 Å². The van der Waals surface area contributed by atoms with Gasteiger partial charge in [-0.05, 0) is 12.1 Å². The largest absolute Gasteiger partial charge is 0.469 e. The number of nitrogens with one attached hydrogen (secondary N) is 1. The molecular formula is C16H16N2O5. The summed E-state index contributed by atoms with van der Waals surface area (Å²) in [5.74, 6) is -1.18. The molecule has 23 heavy (non-hydrogen) atoms. The summed E-state index contributed by atoms with van der Waals surface area (Å²) in [7, 11) is 1.24. The highest BCUT2D eigenvalue weighted by Crippen LogP contribution is 2.22. The number of hydrogen-bond acceptors (Lipinski definition) is 5. The number of hydrogen-bond donors (Lipinski definition) is 1. The third kappa shape index (κ3) is 2.90. The molecule has 1 aromatic heterocycles. The molecular weight excluding hydrogens is 300 g/mol. The van der Waals surface area contributed by atoms with Gasteiger partial charge in [0.1, 0.15) is 11.6 Å². The zero-order valence-electron chi connectivity index (χ0n) is 12.6. The van der Waals surface area contributed by atoms with Crippen LogP contribution in [0.5, 0.6) is 0 Å². The smallest absolute Gasteiger partial charge is 0.308 e. The zero-order valence-corrected chi connectivity index (χ0v) is 12.6. The Hall–Kier alpha value is -2.83. The van der Waals surface area contributed by atoms with Crippen LogP contribution in [-0.2, 0) is 14.3 Å². The fraction of sp³-hybridized carbons (Fsp3) is 0.312. The first-order chi connectivity index (χ1) is 11.1. The third-order valence-electron chi connectivity index (χ3n) is 3.82. The molecule has 1 fully saturated rings. The number of piperazine rings is 1. The molecule has 1 N–H and O–H groups in total. The molecule has 0 saturated carbocycles. The summed E-state index contributed by atoms with van der Waals surface area (Å²) in [5, 5.41) is 3.46. The number of methoxy groups -OCH3 is 1. The molecule has 0 spiro atoms. The van der Waals surface area contributed by atoms with E-state index < -0.39 is 17.9 Å². The maximum atomic E-state index is 12.7. The number of ether oxygens (including phenoxy) is 1. The Labute approximate surface area is 132 Å². The Bertz CT molecular complexity index is 734. The lowest BCUT2D eigenvalue weighted by molar-refractivity contribution is -0.145. The second-order valence-corrected chi connectivity index (χ2v) is 5.23. The van der Waals surface area contributed by atoms with Crippen LogP contribution in [0.3, 0.4) is 0 Å². The zero-order chi connectivity index (χ0) is 16.4. The lowest BCUT2D eigenvalue weighted by Crippen LogP contribution is -2.57. The highest BCUT2D eigenvalue weighted by atomic mass is 16.5. The van der Waals surface area contributed by atoms with Gasteiger partial charge >= 0.3 is 5.97 Å². The number of carbonyl (C=O) groups excluding carboxylic acids is 3. The molecule has 3 rings (SSSR count). The third-order valence-corrected chi connectivity index (χ3v) is 3.82. The normalized spacial score (nSPS) is 17.9. The minimum Gasteiger partial charge on any atom is -0.469 e. The number of furan rings is 1. The molecule has 2 aromatic rings. The van der Waals surface area contributed by atoms with Crippen LogP contribution >= 0.6 is 0 Å². The molecule has 120 valence electrons. The summed E-state index contributed by atoms with van der Waals surface area (Å²) >= 11 is 0. The van der Waals surface area contributed by atoms with Gasteiger partial charge in [0, 0.05) is 18.5 Å². The highest BCUT2D eigenvalue weighted by Gasteiger charge is 2.36. The van der Waals surface area contributed by atoms with Gasteiger partial charge in [-0.3, -0.25) is 14.4 Å². The molecule has 1 atom stereocenters. The summed E-state index contributed by atoms with van der Waals surface area (Å²) in [6.07, 6.45) is -0.186. The monoisotopic (exact) mass is 316 g/mol. The van der Waals surface area contributed by atoms with E-state index in [1.165, 1.54) is 12.0 Å². The van der Waals surface area contributed by atoms with E-state index in [1.54, 1.807) is 12.1 Å². The second-order valence-electron chi connectivity index (χ2n) is 5.23. The van der Waals surface area contributed by atoms with E-state index in [4.69, 9.17) is 4.42 Å². The molecule has 1 aliphatic rings. The fourth-order valence-electron chi connectivity index (χ4n) is 2.63. The number of carbonyl (C=O) groups is 3. The summed E-state index contributed by atoms with van der Waals surface area (Å²) < 4.78 is 10.2. The predicted molar refractivity (Wildman–Crippen MR) is 80.7 cm³/mol. The average molecular weight is 316 g/mol. The Kier molecular flexibility index (Phi) is 4.01. The molecule has 7 heteroatoms. The van der Waals surface area contributed by atoms with Gasteiger partial charge in [0.2, 0.25) is 5.91 Å². The molecule has 0 bridgehead atoms. The van der Waals surface area contributed by atoms with Crippen LogP contribution in [0.2, 0.25) is 0 Å². The van der Waals surface area contributed by atoms with Gasteiger partial charge in [0.15, 0.2) is 5.76 Å². The van der Waals surface area contributed by atoms with E-state index >= 15 is 0 Å². The highest BCUT2D eigenvalue weighted by molar-refractivity contribution is 6.00. The predicted octanol–water partition coefficient (Wildman–Crippen LogP) is 0.937. The Morgan fingerprint density at radius 3 is 2.91 bits per heavy atom. The number of benzene rings is 1. The van der Waals surface area contributed by atoms with Crippen molar-refractivity contribution in [1.29, 1.82) is 0 Å². The van der Waals surface area contributed by atoms with Crippen LogP contribution in [0.25, 0.3) is 11.0 Å². The van der Waals surface area contributed by atoms with Gasteiger partial charge in [-0.1, -0.05) is 18.2 Å².